The minimum absolute atomic E-state index is 0.234. The summed E-state index contributed by atoms with van der Waals surface area (Å²) in [6.45, 7) is 0.812. The molecule has 0 spiro atoms. The minimum atomic E-state index is -4.38. The highest BCUT2D eigenvalue weighted by Gasteiger charge is 2.30. The smallest absolute Gasteiger partial charge is 0.359 e. The monoisotopic (exact) mass is 414 g/mol. The fraction of sp³-hybridized carbons (Fsp3) is 0.190. The number of hydrogen-bond acceptors (Lipinski definition) is 6. The molecule has 2 aromatic carbocycles. The van der Waals surface area contributed by atoms with E-state index in [0.717, 1.165) is 23.4 Å². The Kier molecular flexibility index (Phi) is 5.37. The Morgan fingerprint density at radius 2 is 1.60 bits per heavy atom. The Morgan fingerprint density at radius 3 is 2.30 bits per heavy atom. The maximum absolute atomic E-state index is 12.7. The second-order valence-electron chi connectivity index (χ2n) is 6.80. The minimum Gasteiger partial charge on any atom is -0.359 e. The van der Waals surface area contributed by atoms with Crippen LogP contribution in [-0.4, -0.2) is 27.2 Å². The third-order valence-electron chi connectivity index (χ3n) is 4.40. The van der Waals surface area contributed by atoms with Gasteiger partial charge in [-0.1, -0.05) is 52.8 Å². The predicted octanol–water partition coefficient (Wildman–Crippen LogP) is 5.04. The van der Waals surface area contributed by atoms with Crippen molar-refractivity contribution in [2.24, 2.45) is 0 Å². The molecular formula is C21H17F3N4O2. The zero-order chi connectivity index (χ0) is 21.1. The highest BCUT2D eigenvalue weighted by Crippen LogP contribution is 2.30. The van der Waals surface area contributed by atoms with Gasteiger partial charge in [-0.3, -0.25) is 4.90 Å². The van der Waals surface area contributed by atoms with Gasteiger partial charge in [0.1, 0.15) is 5.69 Å². The van der Waals surface area contributed by atoms with Crippen molar-refractivity contribution in [3.05, 3.63) is 77.9 Å². The Bertz CT molecular complexity index is 1110. The first kappa shape index (κ1) is 19.8. The SMILES string of the molecule is CN(Cc1cc(-c2ccccc2)no1)Cc1nc(-c2ccc(C(F)(F)F)cc2)no1. The van der Waals surface area contributed by atoms with Crippen molar-refractivity contribution in [1.29, 1.82) is 0 Å². The van der Waals surface area contributed by atoms with Crippen LogP contribution >= 0.6 is 0 Å². The van der Waals surface area contributed by atoms with Crippen molar-refractivity contribution in [3.8, 4) is 22.6 Å². The van der Waals surface area contributed by atoms with Crippen LogP contribution in [0, 0.1) is 0 Å². The topological polar surface area (TPSA) is 68.2 Å². The van der Waals surface area contributed by atoms with E-state index in [4.69, 9.17) is 9.05 Å². The molecule has 154 valence electrons. The Labute approximate surface area is 169 Å². The third-order valence-corrected chi connectivity index (χ3v) is 4.40. The Hall–Kier alpha value is -3.46. The molecule has 30 heavy (non-hydrogen) atoms. The second kappa shape index (κ2) is 8.11. The van der Waals surface area contributed by atoms with E-state index in [1.54, 1.807) is 0 Å². The fourth-order valence-corrected chi connectivity index (χ4v) is 2.93. The van der Waals surface area contributed by atoms with Gasteiger partial charge in [0.2, 0.25) is 11.7 Å². The van der Waals surface area contributed by atoms with E-state index >= 15 is 0 Å². The van der Waals surface area contributed by atoms with Crippen LogP contribution in [-0.2, 0) is 19.3 Å². The van der Waals surface area contributed by atoms with Crippen molar-refractivity contribution in [2.75, 3.05) is 7.05 Å². The summed E-state index contributed by atoms with van der Waals surface area (Å²) in [7, 11) is 1.85. The molecule has 2 heterocycles. The number of aromatic nitrogens is 3. The molecule has 2 aromatic heterocycles. The number of rotatable bonds is 6. The first-order chi connectivity index (χ1) is 14.4. The maximum Gasteiger partial charge on any atom is 0.416 e. The second-order valence-corrected chi connectivity index (χ2v) is 6.80. The van der Waals surface area contributed by atoms with Crippen LogP contribution in [0.15, 0.2) is 69.7 Å². The van der Waals surface area contributed by atoms with Crippen molar-refractivity contribution < 1.29 is 22.2 Å². The lowest BCUT2D eigenvalue weighted by Crippen LogP contribution is -2.17. The van der Waals surface area contributed by atoms with E-state index in [1.165, 1.54) is 12.1 Å². The first-order valence-electron chi connectivity index (χ1n) is 9.08. The summed E-state index contributed by atoms with van der Waals surface area (Å²) < 4.78 is 48.7. The van der Waals surface area contributed by atoms with Crippen LogP contribution in [0.4, 0.5) is 13.2 Å². The molecule has 0 aliphatic carbocycles. The summed E-state index contributed by atoms with van der Waals surface area (Å²) in [5, 5.41) is 7.93. The number of benzene rings is 2. The van der Waals surface area contributed by atoms with Gasteiger partial charge in [-0.05, 0) is 19.2 Å². The molecule has 0 saturated carbocycles. The molecule has 6 nitrogen and oxygen atoms in total. The number of hydrogen-bond donors (Lipinski definition) is 0. The highest BCUT2D eigenvalue weighted by molar-refractivity contribution is 5.58. The summed E-state index contributed by atoms with van der Waals surface area (Å²) in [5.41, 5.74) is 1.44. The number of halogens is 3. The Morgan fingerprint density at radius 1 is 0.867 bits per heavy atom. The predicted molar refractivity (Wildman–Crippen MR) is 102 cm³/mol. The molecule has 0 radical (unpaired) electrons. The van der Waals surface area contributed by atoms with Gasteiger partial charge in [-0.2, -0.15) is 18.2 Å². The van der Waals surface area contributed by atoms with Gasteiger partial charge in [0.05, 0.1) is 18.7 Å². The normalized spacial score (nSPS) is 11.9. The van der Waals surface area contributed by atoms with Crippen LogP contribution in [0.25, 0.3) is 22.6 Å². The van der Waals surface area contributed by atoms with Gasteiger partial charge in [0.25, 0.3) is 0 Å². The van der Waals surface area contributed by atoms with Crippen molar-refractivity contribution in [2.45, 2.75) is 19.3 Å². The lowest BCUT2D eigenvalue weighted by atomic mass is 10.1. The summed E-state index contributed by atoms with van der Waals surface area (Å²) in [6.07, 6.45) is -4.38. The maximum atomic E-state index is 12.7. The lowest BCUT2D eigenvalue weighted by Gasteiger charge is -2.10. The van der Waals surface area contributed by atoms with Crippen LogP contribution in [0.3, 0.4) is 0 Å². The Balaban J connectivity index is 1.38. The van der Waals surface area contributed by atoms with Crippen LogP contribution < -0.4 is 0 Å². The molecule has 4 rings (SSSR count). The van der Waals surface area contributed by atoms with Crippen molar-refractivity contribution >= 4 is 0 Å². The summed E-state index contributed by atoms with van der Waals surface area (Å²) in [5.74, 6) is 1.26. The van der Waals surface area contributed by atoms with Gasteiger partial charge in [0.15, 0.2) is 5.76 Å². The third kappa shape index (κ3) is 4.57. The molecule has 0 bridgehead atoms. The van der Waals surface area contributed by atoms with Crippen molar-refractivity contribution in [3.63, 3.8) is 0 Å². The van der Waals surface area contributed by atoms with Crippen LogP contribution in [0.5, 0.6) is 0 Å². The quantitative estimate of drug-likeness (QED) is 0.440. The van der Waals surface area contributed by atoms with E-state index in [1.807, 2.05) is 48.3 Å². The van der Waals surface area contributed by atoms with Gasteiger partial charge >= 0.3 is 6.18 Å². The first-order valence-corrected chi connectivity index (χ1v) is 9.08. The zero-order valence-corrected chi connectivity index (χ0v) is 15.9. The summed E-state index contributed by atoms with van der Waals surface area (Å²) >= 11 is 0. The molecule has 4 aromatic rings. The largest absolute Gasteiger partial charge is 0.416 e. The van der Waals surface area contributed by atoms with E-state index in [-0.39, 0.29) is 5.82 Å². The molecule has 9 heteroatoms. The fourth-order valence-electron chi connectivity index (χ4n) is 2.93. The molecule has 0 fully saturated rings. The van der Waals surface area contributed by atoms with Gasteiger partial charge < -0.3 is 9.05 Å². The molecule has 0 aliphatic rings. The van der Waals surface area contributed by atoms with Crippen molar-refractivity contribution in [1.82, 2.24) is 20.2 Å². The zero-order valence-electron chi connectivity index (χ0n) is 15.9. The number of nitrogens with zero attached hydrogens (tertiary/aromatic N) is 4. The molecule has 0 amide bonds. The highest BCUT2D eigenvalue weighted by atomic mass is 19.4. The number of alkyl halides is 3. The van der Waals surface area contributed by atoms with E-state index in [2.05, 4.69) is 15.3 Å². The van der Waals surface area contributed by atoms with Gasteiger partial charge in [-0.15, -0.1) is 0 Å². The van der Waals surface area contributed by atoms with E-state index in [9.17, 15) is 13.2 Å². The molecule has 0 N–H and O–H groups in total. The standard InChI is InChI=1S/C21H17F3N4O2/c1-28(12-17-11-18(26-29-17)14-5-3-2-4-6-14)13-19-25-20(27-30-19)15-7-9-16(10-8-15)21(22,23)24/h2-11H,12-13H2,1H3. The summed E-state index contributed by atoms with van der Waals surface area (Å²) in [4.78, 5) is 6.16. The van der Waals surface area contributed by atoms with Gasteiger partial charge in [-0.25, -0.2) is 0 Å². The van der Waals surface area contributed by atoms with Gasteiger partial charge in [0, 0.05) is 17.2 Å². The molecule has 0 atom stereocenters. The molecule has 0 saturated heterocycles. The molecular weight excluding hydrogens is 397 g/mol. The average Bonchev–Trinajstić information content (AvgIpc) is 3.38. The summed E-state index contributed by atoms with van der Waals surface area (Å²) in [6, 6.07) is 16.2. The molecule has 0 aliphatic heterocycles. The van der Waals surface area contributed by atoms with E-state index in [0.29, 0.717) is 30.3 Å². The lowest BCUT2D eigenvalue weighted by molar-refractivity contribution is -0.137. The molecule has 0 unspecified atom stereocenters. The van der Waals surface area contributed by atoms with Crippen LogP contribution in [0.1, 0.15) is 17.2 Å². The average molecular weight is 414 g/mol. The van der Waals surface area contributed by atoms with E-state index < -0.39 is 11.7 Å². The van der Waals surface area contributed by atoms with Crippen LogP contribution in [0.2, 0.25) is 0 Å².